The highest BCUT2D eigenvalue weighted by molar-refractivity contribution is 5.89. The van der Waals surface area contributed by atoms with Crippen molar-refractivity contribution in [1.29, 1.82) is 0 Å². The first kappa shape index (κ1) is 28.1. The van der Waals surface area contributed by atoms with Crippen LogP contribution in [-0.2, 0) is 19.1 Å². The molecule has 0 saturated heterocycles. The smallest absolute Gasteiger partial charge is 0.333 e. The molecule has 4 fully saturated rings. The lowest BCUT2D eigenvalue weighted by Gasteiger charge is -2.58. The normalized spacial score (nSPS) is 36.2. The summed E-state index contributed by atoms with van der Waals surface area (Å²) in [5, 5.41) is 2.84. The van der Waals surface area contributed by atoms with E-state index in [9.17, 15) is 9.59 Å². The first-order valence-electron chi connectivity index (χ1n) is 13.9. The predicted molar refractivity (Wildman–Crippen MR) is 138 cm³/mol. The summed E-state index contributed by atoms with van der Waals surface area (Å²) >= 11 is 0. The Morgan fingerprint density at radius 3 is 2.06 bits per heavy atom. The molecule has 5 N–H and O–H groups in total. The molecule has 0 radical (unpaired) electrons. The second-order valence-electron chi connectivity index (χ2n) is 11.6. The van der Waals surface area contributed by atoms with E-state index in [1.807, 2.05) is 13.8 Å². The quantitative estimate of drug-likeness (QED) is 0.444. The van der Waals surface area contributed by atoms with E-state index in [0.717, 1.165) is 30.6 Å². The largest absolute Gasteiger partial charge is 0.463 e. The van der Waals surface area contributed by atoms with Gasteiger partial charge in [-0.2, -0.15) is 0 Å². The minimum atomic E-state index is -0.419. The molecule has 0 aromatic carbocycles. The lowest BCUT2D eigenvalue weighted by Crippen LogP contribution is -2.57. The van der Waals surface area contributed by atoms with Gasteiger partial charge in [-0.05, 0) is 101 Å². The molecular formula is C28H49N3O4. The minimum Gasteiger partial charge on any atom is -0.463 e. The number of ether oxygens (including phenoxy) is 2. The molecular weight excluding hydrogens is 442 g/mol. The Kier molecular flexibility index (Phi) is 9.81. The molecule has 1 unspecified atom stereocenters. The maximum absolute atomic E-state index is 12.0. The summed E-state index contributed by atoms with van der Waals surface area (Å²) in [4.78, 5) is 23.4. The van der Waals surface area contributed by atoms with Crippen molar-refractivity contribution in [3.63, 3.8) is 0 Å². The van der Waals surface area contributed by atoms with E-state index < -0.39 is 6.10 Å². The summed E-state index contributed by atoms with van der Waals surface area (Å²) in [5.41, 5.74) is 13.4. The van der Waals surface area contributed by atoms with E-state index in [1.54, 1.807) is 13.0 Å². The number of nitrogens with one attached hydrogen (secondary N) is 1. The molecule has 4 saturated carbocycles. The van der Waals surface area contributed by atoms with Crippen molar-refractivity contribution in [1.82, 2.24) is 5.32 Å². The highest BCUT2D eigenvalue weighted by Crippen LogP contribution is 2.60. The van der Waals surface area contributed by atoms with Crippen LogP contribution in [0.3, 0.4) is 0 Å². The van der Waals surface area contributed by atoms with Crippen molar-refractivity contribution in [2.45, 2.75) is 123 Å². The molecule has 0 aromatic rings. The van der Waals surface area contributed by atoms with E-state index in [1.165, 1.54) is 45.4 Å². The maximum Gasteiger partial charge on any atom is 0.333 e. The molecule has 7 heteroatoms. The van der Waals surface area contributed by atoms with E-state index in [-0.39, 0.29) is 30.1 Å². The van der Waals surface area contributed by atoms with Gasteiger partial charge in [-0.25, -0.2) is 4.79 Å². The lowest BCUT2D eigenvalue weighted by atomic mass is 9.48. The van der Waals surface area contributed by atoms with Gasteiger partial charge in [0.25, 0.3) is 0 Å². The molecule has 0 heterocycles. The number of esters is 1. The zero-order valence-corrected chi connectivity index (χ0v) is 22.6. The van der Waals surface area contributed by atoms with Crippen LogP contribution in [0.2, 0.25) is 0 Å². The van der Waals surface area contributed by atoms with Gasteiger partial charge < -0.3 is 26.3 Å². The Bertz CT molecular complexity index is 726. The average molecular weight is 492 g/mol. The van der Waals surface area contributed by atoms with Crippen LogP contribution in [0.1, 0.15) is 92.4 Å². The first-order valence-corrected chi connectivity index (χ1v) is 13.9. The van der Waals surface area contributed by atoms with Crippen LogP contribution in [0, 0.1) is 23.2 Å². The van der Waals surface area contributed by atoms with Crippen molar-refractivity contribution in [3.8, 4) is 0 Å². The highest BCUT2D eigenvalue weighted by atomic mass is 16.5. The van der Waals surface area contributed by atoms with Crippen molar-refractivity contribution in [2.75, 3.05) is 6.61 Å². The zero-order valence-electron chi connectivity index (χ0n) is 22.6. The van der Waals surface area contributed by atoms with E-state index in [2.05, 4.69) is 12.2 Å². The van der Waals surface area contributed by atoms with Gasteiger partial charge in [0, 0.05) is 24.6 Å². The molecule has 4 atom stereocenters. The molecule has 35 heavy (non-hydrogen) atoms. The Morgan fingerprint density at radius 1 is 1.09 bits per heavy atom. The Hall–Kier alpha value is -1.44. The number of carbonyl (C=O) groups is 2. The van der Waals surface area contributed by atoms with Crippen molar-refractivity contribution < 1.29 is 19.1 Å². The molecule has 4 bridgehead atoms. The lowest BCUT2D eigenvalue weighted by molar-refractivity contribution is -0.139. The summed E-state index contributed by atoms with van der Waals surface area (Å²) in [5.74, 6) is 2.63. The summed E-state index contributed by atoms with van der Waals surface area (Å²) < 4.78 is 11.1. The molecule has 0 aliphatic heterocycles. The van der Waals surface area contributed by atoms with E-state index in [0.29, 0.717) is 30.1 Å². The minimum absolute atomic E-state index is 0.0613. The summed E-state index contributed by atoms with van der Waals surface area (Å²) in [6.45, 7) is 9.86. The molecule has 5 aliphatic rings. The van der Waals surface area contributed by atoms with Gasteiger partial charge in [0.05, 0.1) is 24.9 Å². The fourth-order valence-corrected chi connectivity index (χ4v) is 7.36. The third kappa shape index (κ3) is 6.86. The van der Waals surface area contributed by atoms with Crippen molar-refractivity contribution in [3.05, 3.63) is 11.6 Å². The highest BCUT2D eigenvalue weighted by Gasteiger charge is 2.52. The topological polar surface area (TPSA) is 117 Å². The second kappa shape index (κ2) is 12.2. The Morgan fingerprint density at radius 2 is 1.63 bits per heavy atom. The molecule has 0 aromatic heterocycles. The predicted octanol–water partition coefficient (Wildman–Crippen LogP) is 3.84. The van der Waals surface area contributed by atoms with Gasteiger partial charge in [-0.3, -0.25) is 4.79 Å². The van der Waals surface area contributed by atoms with Gasteiger partial charge in [-0.1, -0.05) is 13.8 Å². The van der Waals surface area contributed by atoms with Gasteiger partial charge >= 0.3 is 5.97 Å². The number of nitrogens with two attached hydrogens (primary N) is 2. The average Bonchev–Trinajstić information content (AvgIpc) is 2.78. The summed E-state index contributed by atoms with van der Waals surface area (Å²) in [7, 11) is 0. The number of hydrogen-bond acceptors (Lipinski definition) is 6. The zero-order chi connectivity index (χ0) is 25.8. The fraction of sp³-hybridized carbons (Fsp3) is 0.857. The standard InChI is InChI=1S/C16H28N2O4.C12H21N/c1-5-12(6-2)22-14-9-11(16(20)21-7-3)8-13(17)15(14)18-10(4)19;1-8(13)12-5-9-2-10(6-12)4-11(3-9)7-12/h9,12-15H,5-8,17H2,1-4H3,(H,18,19);8-11H,2-7,13H2,1H3/t13-,14+,15+;/m0./s1. The fourth-order valence-electron chi connectivity index (χ4n) is 7.36. The van der Waals surface area contributed by atoms with Gasteiger partial charge in [0.15, 0.2) is 0 Å². The second-order valence-corrected chi connectivity index (χ2v) is 11.6. The van der Waals surface area contributed by atoms with Crippen LogP contribution in [-0.4, -0.2) is 48.8 Å². The third-order valence-corrected chi connectivity index (χ3v) is 8.86. The van der Waals surface area contributed by atoms with Crippen LogP contribution in [0.25, 0.3) is 0 Å². The number of rotatable bonds is 8. The maximum atomic E-state index is 12.0. The van der Waals surface area contributed by atoms with Crippen LogP contribution >= 0.6 is 0 Å². The van der Waals surface area contributed by atoms with Gasteiger partial charge in [-0.15, -0.1) is 0 Å². The Labute approximate surface area is 212 Å². The molecule has 7 nitrogen and oxygen atoms in total. The van der Waals surface area contributed by atoms with Gasteiger partial charge in [0.2, 0.25) is 5.91 Å². The number of amides is 1. The number of hydrogen-bond donors (Lipinski definition) is 3. The molecule has 200 valence electrons. The first-order chi connectivity index (χ1) is 16.6. The van der Waals surface area contributed by atoms with E-state index in [4.69, 9.17) is 20.9 Å². The summed E-state index contributed by atoms with van der Waals surface area (Å²) in [6, 6.07) is -0.273. The monoisotopic (exact) mass is 491 g/mol. The van der Waals surface area contributed by atoms with Crippen molar-refractivity contribution in [2.24, 2.45) is 34.6 Å². The van der Waals surface area contributed by atoms with Crippen LogP contribution < -0.4 is 16.8 Å². The van der Waals surface area contributed by atoms with Crippen LogP contribution in [0.15, 0.2) is 11.6 Å². The van der Waals surface area contributed by atoms with Crippen LogP contribution in [0.4, 0.5) is 0 Å². The molecule has 0 spiro atoms. The molecule has 5 rings (SSSR count). The number of carbonyl (C=O) groups excluding carboxylic acids is 2. The third-order valence-electron chi connectivity index (χ3n) is 8.86. The Balaban J connectivity index is 0.000000220. The molecule has 1 amide bonds. The van der Waals surface area contributed by atoms with Crippen LogP contribution in [0.5, 0.6) is 0 Å². The summed E-state index contributed by atoms with van der Waals surface area (Å²) in [6.07, 6.45) is 12.4. The van der Waals surface area contributed by atoms with E-state index >= 15 is 0 Å². The van der Waals surface area contributed by atoms with Gasteiger partial charge in [0.1, 0.15) is 0 Å². The molecule has 5 aliphatic carbocycles. The van der Waals surface area contributed by atoms with Crippen molar-refractivity contribution >= 4 is 11.9 Å². The SMILES string of the molecule is CC(N)C12CC3CC(CC(C3)C1)C2.CCOC(=O)C1=C[C@@H](OC(CC)CC)[C@H](NC(C)=O)[C@@H](N)C1.